The van der Waals surface area contributed by atoms with Gasteiger partial charge in [0.15, 0.2) is 0 Å². The van der Waals surface area contributed by atoms with Gasteiger partial charge in [0.2, 0.25) is 0 Å². The van der Waals surface area contributed by atoms with Crippen molar-refractivity contribution in [3.63, 3.8) is 0 Å². The lowest BCUT2D eigenvalue weighted by Crippen LogP contribution is -2.38. The van der Waals surface area contributed by atoms with Crippen molar-refractivity contribution in [1.82, 2.24) is 14.9 Å². The summed E-state index contributed by atoms with van der Waals surface area (Å²) in [6.45, 7) is 2.70. The maximum Gasteiger partial charge on any atom is 0.142 e. The van der Waals surface area contributed by atoms with Crippen LogP contribution >= 0.6 is 0 Å². The molecule has 0 unspecified atom stereocenters. The van der Waals surface area contributed by atoms with Crippen molar-refractivity contribution in [2.24, 2.45) is 5.73 Å². The van der Waals surface area contributed by atoms with Crippen LogP contribution in [0.25, 0.3) is 0 Å². The van der Waals surface area contributed by atoms with E-state index in [1.54, 1.807) is 0 Å². The summed E-state index contributed by atoms with van der Waals surface area (Å²) in [6, 6.07) is 2.57. The molecule has 100 valence electrons. The zero-order valence-electron chi connectivity index (χ0n) is 11.1. The van der Waals surface area contributed by atoms with Crippen LogP contribution in [-0.4, -0.2) is 34.0 Å². The molecule has 0 aromatic carbocycles. The number of rotatable bonds is 6. The largest absolute Gasteiger partial charge is 0.330 e. The molecule has 1 fully saturated rings. The lowest BCUT2D eigenvalue weighted by molar-refractivity contribution is 0.143. The van der Waals surface area contributed by atoms with E-state index in [4.69, 9.17) is 5.73 Å². The molecule has 0 atom stereocenters. The summed E-state index contributed by atoms with van der Waals surface area (Å²) in [7, 11) is 0. The second-order valence-electron chi connectivity index (χ2n) is 5.07. The average molecular weight is 248 g/mol. The van der Waals surface area contributed by atoms with Crippen LogP contribution in [0.2, 0.25) is 0 Å². The Morgan fingerprint density at radius 2 is 1.89 bits per heavy atom. The summed E-state index contributed by atoms with van der Waals surface area (Å²) < 4.78 is 0. The molecule has 1 aliphatic carbocycles. The summed E-state index contributed by atoms with van der Waals surface area (Å²) in [5.74, 6) is 0.931. The quantitative estimate of drug-likeness (QED) is 0.836. The first-order chi connectivity index (χ1) is 8.90. The van der Waals surface area contributed by atoms with E-state index in [-0.39, 0.29) is 0 Å². The molecule has 0 saturated heterocycles. The highest BCUT2D eigenvalue weighted by atomic mass is 15.2. The molecule has 1 aromatic rings. The van der Waals surface area contributed by atoms with E-state index in [0.717, 1.165) is 31.9 Å². The zero-order valence-corrected chi connectivity index (χ0v) is 11.1. The molecule has 2 rings (SSSR count). The highest BCUT2D eigenvalue weighted by Crippen LogP contribution is 2.23. The van der Waals surface area contributed by atoms with Crippen LogP contribution in [-0.2, 0) is 6.54 Å². The molecule has 1 aromatic heterocycles. The molecule has 2 N–H and O–H groups in total. The molecule has 0 aliphatic heterocycles. The van der Waals surface area contributed by atoms with Gasteiger partial charge in [-0.2, -0.15) is 0 Å². The zero-order chi connectivity index (χ0) is 12.6. The van der Waals surface area contributed by atoms with Crippen molar-refractivity contribution in [2.75, 3.05) is 13.1 Å². The predicted octanol–water partition coefficient (Wildman–Crippen LogP) is 1.96. The van der Waals surface area contributed by atoms with Crippen molar-refractivity contribution < 1.29 is 0 Å². The van der Waals surface area contributed by atoms with Crippen LogP contribution in [0.3, 0.4) is 0 Å². The third-order valence-electron chi connectivity index (χ3n) is 3.70. The van der Waals surface area contributed by atoms with Crippen LogP contribution in [0.15, 0.2) is 18.5 Å². The molecular weight excluding hydrogens is 224 g/mol. The number of hydrogen-bond acceptors (Lipinski definition) is 4. The third kappa shape index (κ3) is 4.03. The van der Waals surface area contributed by atoms with Gasteiger partial charge in [0.25, 0.3) is 0 Å². The van der Waals surface area contributed by atoms with Crippen molar-refractivity contribution in [3.05, 3.63) is 24.3 Å². The van der Waals surface area contributed by atoms with Crippen LogP contribution in [0.4, 0.5) is 0 Å². The van der Waals surface area contributed by atoms with Gasteiger partial charge in [-0.1, -0.05) is 19.3 Å². The molecule has 4 heteroatoms. The molecule has 0 radical (unpaired) electrons. The summed E-state index contributed by atoms with van der Waals surface area (Å²) in [5, 5.41) is 0. The fourth-order valence-electron chi connectivity index (χ4n) is 2.72. The maximum absolute atomic E-state index is 5.64. The SMILES string of the molecule is NCCCN(Cc1ncccn1)C1CCCCC1. The Balaban J connectivity index is 1.95. The summed E-state index contributed by atoms with van der Waals surface area (Å²) in [4.78, 5) is 11.2. The lowest BCUT2D eigenvalue weighted by Gasteiger charge is -2.33. The molecule has 1 saturated carbocycles. The first kappa shape index (κ1) is 13.4. The average Bonchev–Trinajstić information content (AvgIpc) is 2.45. The van der Waals surface area contributed by atoms with Gasteiger partial charge in [-0.05, 0) is 31.9 Å². The minimum absolute atomic E-state index is 0.703. The molecule has 1 aliphatic rings. The first-order valence-electron chi connectivity index (χ1n) is 7.10. The van der Waals surface area contributed by atoms with Crippen LogP contribution in [0.5, 0.6) is 0 Å². The molecule has 1 heterocycles. The van der Waals surface area contributed by atoms with Crippen molar-refractivity contribution in [3.8, 4) is 0 Å². The number of nitrogens with two attached hydrogens (primary N) is 1. The fraction of sp³-hybridized carbons (Fsp3) is 0.714. The Morgan fingerprint density at radius 3 is 2.56 bits per heavy atom. The normalized spacial score (nSPS) is 17.2. The van der Waals surface area contributed by atoms with Crippen molar-refractivity contribution in [1.29, 1.82) is 0 Å². The topological polar surface area (TPSA) is 55.0 Å². The maximum atomic E-state index is 5.64. The Labute approximate surface area is 110 Å². The standard InChI is InChI=1S/C14H24N4/c15-8-4-11-18(13-6-2-1-3-7-13)12-14-16-9-5-10-17-14/h5,9-10,13H,1-4,6-8,11-12,15H2. The van der Waals surface area contributed by atoms with Crippen LogP contribution in [0, 0.1) is 0 Å². The van der Waals surface area contributed by atoms with E-state index in [1.807, 2.05) is 18.5 Å². The van der Waals surface area contributed by atoms with E-state index < -0.39 is 0 Å². The minimum Gasteiger partial charge on any atom is -0.330 e. The second-order valence-corrected chi connectivity index (χ2v) is 5.07. The monoisotopic (exact) mass is 248 g/mol. The van der Waals surface area contributed by atoms with E-state index in [0.29, 0.717) is 6.04 Å². The van der Waals surface area contributed by atoms with E-state index in [9.17, 15) is 0 Å². The predicted molar refractivity (Wildman–Crippen MR) is 73.0 cm³/mol. The number of nitrogens with zero attached hydrogens (tertiary/aromatic N) is 3. The Bertz CT molecular complexity index is 322. The van der Waals surface area contributed by atoms with Crippen LogP contribution < -0.4 is 5.73 Å². The van der Waals surface area contributed by atoms with Gasteiger partial charge >= 0.3 is 0 Å². The third-order valence-corrected chi connectivity index (χ3v) is 3.70. The van der Waals surface area contributed by atoms with Gasteiger partial charge in [-0.25, -0.2) is 9.97 Å². The van der Waals surface area contributed by atoms with Gasteiger partial charge in [0.1, 0.15) is 5.82 Å². The Hall–Kier alpha value is -1.00. The lowest BCUT2D eigenvalue weighted by atomic mass is 9.94. The minimum atomic E-state index is 0.703. The Morgan fingerprint density at radius 1 is 1.17 bits per heavy atom. The van der Waals surface area contributed by atoms with E-state index in [1.165, 1.54) is 32.1 Å². The number of aromatic nitrogens is 2. The molecule has 18 heavy (non-hydrogen) atoms. The van der Waals surface area contributed by atoms with Gasteiger partial charge < -0.3 is 5.73 Å². The summed E-state index contributed by atoms with van der Waals surface area (Å²) in [6.07, 6.45) is 11.5. The van der Waals surface area contributed by atoms with Crippen molar-refractivity contribution >= 4 is 0 Å². The van der Waals surface area contributed by atoms with Gasteiger partial charge in [-0.3, -0.25) is 4.90 Å². The van der Waals surface area contributed by atoms with E-state index >= 15 is 0 Å². The molecule has 0 amide bonds. The van der Waals surface area contributed by atoms with Crippen molar-refractivity contribution in [2.45, 2.75) is 51.1 Å². The van der Waals surface area contributed by atoms with Gasteiger partial charge in [0.05, 0.1) is 6.54 Å². The summed E-state index contributed by atoms with van der Waals surface area (Å²) >= 11 is 0. The van der Waals surface area contributed by atoms with Crippen LogP contribution in [0.1, 0.15) is 44.3 Å². The van der Waals surface area contributed by atoms with Gasteiger partial charge in [0, 0.05) is 25.0 Å². The smallest absolute Gasteiger partial charge is 0.142 e. The molecule has 0 spiro atoms. The fourth-order valence-corrected chi connectivity index (χ4v) is 2.72. The summed E-state index contributed by atoms with van der Waals surface area (Å²) in [5.41, 5.74) is 5.64. The first-order valence-corrected chi connectivity index (χ1v) is 7.10. The molecular formula is C14H24N4. The molecule has 4 nitrogen and oxygen atoms in total. The second kappa shape index (κ2) is 7.44. The highest BCUT2D eigenvalue weighted by Gasteiger charge is 2.21. The molecule has 0 bridgehead atoms. The van der Waals surface area contributed by atoms with E-state index in [2.05, 4.69) is 14.9 Å². The Kier molecular flexibility index (Phi) is 5.55. The number of hydrogen-bond donors (Lipinski definition) is 1. The van der Waals surface area contributed by atoms with Gasteiger partial charge in [-0.15, -0.1) is 0 Å². The highest BCUT2D eigenvalue weighted by molar-refractivity contribution is 4.90.